The summed E-state index contributed by atoms with van der Waals surface area (Å²) in [5.41, 5.74) is 1.01. The fourth-order valence-electron chi connectivity index (χ4n) is 1.35. The van der Waals surface area contributed by atoms with Crippen LogP contribution in [0.2, 0.25) is 0 Å². The van der Waals surface area contributed by atoms with E-state index in [4.69, 9.17) is 0 Å². The molecule has 0 aliphatic heterocycles. The van der Waals surface area contributed by atoms with Gasteiger partial charge in [-0.15, -0.1) is 0 Å². The second kappa shape index (κ2) is 3.06. The molecule has 0 bridgehead atoms. The van der Waals surface area contributed by atoms with Gasteiger partial charge in [0.1, 0.15) is 0 Å². The highest BCUT2D eigenvalue weighted by Gasteiger charge is 2.05. The van der Waals surface area contributed by atoms with Crippen molar-refractivity contribution >= 4 is 16.5 Å². The topological polar surface area (TPSA) is 56.0 Å². The third kappa shape index (κ3) is 1.42. The van der Waals surface area contributed by atoms with E-state index in [1.165, 1.54) is 12.1 Å². The van der Waals surface area contributed by atoms with Crippen LogP contribution in [0.1, 0.15) is 5.69 Å². The van der Waals surface area contributed by atoms with Gasteiger partial charge < -0.3 is 0 Å². The van der Waals surface area contributed by atoms with Crippen molar-refractivity contribution in [1.82, 2.24) is 4.98 Å². The minimum atomic E-state index is -0.403. The summed E-state index contributed by atoms with van der Waals surface area (Å²) >= 11 is 0. The molecular formula is C10H8N2O2. The van der Waals surface area contributed by atoms with Gasteiger partial charge in [-0.2, -0.15) is 0 Å². The minimum Gasteiger partial charge on any atom is -0.261 e. The summed E-state index contributed by atoms with van der Waals surface area (Å²) in [4.78, 5) is 14.2. The van der Waals surface area contributed by atoms with E-state index in [2.05, 4.69) is 4.98 Å². The van der Waals surface area contributed by atoms with Crippen molar-refractivity contribution in [3.05, 3.63) is 46.3 Å². The van der Waals surface area contributed by atoms with Crippen molar-refractivity contribution in [1.29, 1.82) is 0 Å². The first-order valence-corrected chi connectivity index (χ1v) is 4.17. The fourth-order valence-corrected chi connectivity index (χ4v) is 1.35. The van der Waals surface area contributed by atoms with Gasteiger partial charge in [0.2, 0.25) is 0 Å². The second-order valence-electron chi connectivity index (χ2n) is 3.11. The lowest BCUT2D eigenvalue weighted by molar-refractivity contribution is -0.384. The van der Waals surface area contributed by atoms with Gasteiger partial charge in [-0.25, -0.2) is 0 Å². The van der Waals surface area contributed by atoms with Gasteiger partial charge in [0.25, 0.3) is 5.69 Å². The Balaban J connectivity index is 2.67. The van der Waals surface area contributed by atoms with Crippen molar-refractivity contribution < 1.29 is 4.92 Å². The van der Waals surface area contributed by atoms with Gasteiger partial charge in [-0.1, -0.05) is 0 Å². The average Bonchev–Trinajstić information content (AvgIpc) is 2.16. The van der Waals surface area contributed by atoms with Gasteiger partial charge in [-0.3, -0.25) is 15.1 Å². The molecule has 4 heteroatoms. The zero-order valence-corrected chi connectivity index (χ0v) is 7.60. The van der Waals surface area contributed by atoms with Gasteiger partial charge in [0.15, 0.2) is 0 Å². The van der Waals surface area contributed by atoms with E-state index < -0.39 is 4.92 Å². The normalized spacial score (nSPS) is 10.4. The maximum atomic E-state index is 10.5. The number of fused-ring (bicyclic) bond motifs is 1. The molecule has 0 aliphatic rings. The lowest BCUT2D eigenvalue weighted by atomic mass is 10.1. The van der Waals surface area contributed by atoms with Gasteiger partial charge in [0, 0.05) is 29.4 Å². The van der Waals surface area contributed by atoms with Crippen LogP contribution in [-0.4, -0.2) is 9.91 Å². The van der Waals surface area contributed by atoms with Crippen LogP contribution in [0.25, 0.3) is 10.8 Å². The second-order valence-corrected chi connectivity index (χ2v) is 3.11. The quantitative estimate of drug-likeness (QED) is 0.510. The molecular weight excluding hydrogens is 180 g/mol. The van der Waals surface area contributed by atoms with E-state index in [1.54, 1.807) is 12.3 Å². The molecule has 0 radical (unpaired) electrons. The van der Waals surface area contributed by atoms with Crippen LogP contribution in [-0.2, 0) is 0 Å². The van der Waals surface area contributed by atoms with Crippen molar-refractivity contribution in [3.63, 3.8) is 0 Å². The summed E-state index contributed by atoms with van der Waals surface area (Å²) in [6.07, 6.45) is 1.65. The molecule has 0 fully saturated rings. The van der Waals surface area contributed by atoms with Gasteiger partial charge in [-0.05, 0) is 24.4 Å². The Labute approximate surface area is 80.4 Å². The summed E-state index contributed by atoms with van der Waals surface area (Å²) in [5.74, 6) is 0. The van der Waals surface area contributed by atoms with Gasteiger partial charge >= 0.3 is 0 Å². The van der Waals surface area contributed by atoms with Crippen LogP contribution in [0.3, 0.4) is 0 Å². The maximum Gasteiger partial charge on any atom is 0.270 e. The largest absolute Gasteiger partial charge is 0.270 e. The summed E-state index contributed by atoms with van der Waals surface area (Å²) in [7, 11) is 0. The molecule has 70 valence electrons. The van der Waals surface area contributed by atoms with E-state index in [-0.39, 0.29) is 5.69 Å². The van der Waals surface area contributed by atoms with E-state index in [1.807, 2.05) is 13.0 Å². The molecule has 1 heterocycles. The Morgan fingerprint density at radius 2 is 2.07 bits per heavy atom. The van der Waals surface area contributed by atoms with Crippen molar-refractivity contribution in [2.24, 2.45) is 0 Å². The lowest BCUT2D eigenvalue weighted by Gasteiger charge is -1.98. The molecule has 4 nitrogen and oxygen atoms in total. The fraction of sp³-hybridized carbons (Fsp3) is 0.100. The van der Waals surface area contributed by atoms with Crippen LogP contribution >= 0.6 is 0 Å². The Morgan fingerprint density at radius 1 is 1.29 bits per heavy atom. The summed E-state index contributed by atoms with van der Waals surface area (Å²) in [6.45, 7) is 1.89. The number of pyridine rings is 1. The molecule has 14 heavy (non-hydrogen) atoms. The van der Waals surface area contributed by atoms with Crippen LogP contribution in [0.15, 0.2) is 30.5 Å². The number of nitro benzene ring substituents is 1. The van der Waals surface area contributed by atoms with Crippen LogP contribution in [0, 0.1) is 17.0 Å². The highest BCUT2D eigenvalue weighted by molar-refractivity contribution is 5.84. The van der Waals surface area contributed by atoms with Crippen LogP contribution < -0.4 is 0 Å². The number of hydrogen-bond donors (Lipinski definition) is 0. The zero-order chi connectivity index (χ0) is 10.1. The molecule has 1 aromatic heterocycles. The third-order valence-corrected chi connectivity index (χ3v) is 2.05. The molecule has 2 rings (SSSR count). The highest BCUT2D eigenvalue weighted by atomic mass is 16.6. The van der Waals surface area contributed by atoms with E-state index in [0.29, 0.717) is 0 Å². The Bertz CT molecular complexity index is 508. The predicted molar refractivity (Wildman–Crippen MR) is 53.1 cm³/mol. The SMILES string of the molecule is Cc1cc2ccc([N+](=O)[O-])cc2cn1. The number of hydrogen-bond acceptors (Lipinski definition) is 3. The zero-order valence-electron chi connectivity index (χ0n) is 7.60. The number of aryl methyl sites for hydroxylation is 1. The molecule has 0 N–H and O–H groups in total. The van der Waals surface area contributed by atoms with E-state index >= 15 is 0 Å². The number of rotatable bonds is 1. The molecule has 0 aliphatic carbocycles. The lowest BCUT2D eigenvalue weighted by Crippen LogP contribution is -1.88. The van der Waals surface area contributed by atoms with Crippen molar-refractivity contribution in [3.8, 4) is 0 Å². The number of nitrogens with zero attached hydrogens (tertiary/aromatic N) is 2. The third-order valence-electron chi connectivity index (χ3n) is 2.05. The molecule has 0 saturated carbocycles. The first kappa shape index (κ1) is 8.62. The maximum absolute atomic E-state index is 10.5. The molecule has 0 amide bonds. The Hall–Kier alpha value is -1.97. The molecule has 0 saturated heterocycles. The first-order chi connectivity index (χ1) is 6.66. The number of benzene rings is 1. The molecule has 2 aromatic rings. The molecule has 0 unspecified atom stereocenters. The number of nitro groups is 1. The predicted octanol–water partition coefficient (Wildman–Crippen LogP) is 2.45. The van der Waals surface area contributed by atoms with Gasteiger partial charge in [0.05, 0.1) is 4.92 Å². The summed E-state index contributed by atoms with van der Waals surface area (Å²) < 4.78 is 0. The first-order valence-electron chi connectivity index (χ1n) is 4.17. The van der Waals surface area contributed by atoms with E-state index in [9.17, 15) is 10.1 Å². The standard InChI is InChI=1S/C10H8N2O2/c1-7-4-8-2-3-10(12(13)14)5-9(8)6-11-7/h2-6H,1H3. The smallest absolute Gasteiger partial charge is 0.261 e. The molecule has 0 atom stereocenters. The molecule has 1 aromatic carbocycles. The highest BCUT2D eigenvalue weighted by Crippen LogP contribution is 2.20. The van der Waals surface area contributed by atoms with Crippen LogP contribution in [0.5, 0.6) is 0 Å². The van der Waals surface area contributed by atoms with E-state index in [0.717, 1.165) is 16.5 Å². The monoisotopic (exact) mass is 188 g/mol. The summed E-state index contributed by atoms with van der Waals surface area (Å²) in [5, 5.41) is 12.3. The number of aromatic nitrogens is 1. The van der Waals surface area contributed by atoms with Crippen molar-refractivity contribution in [2.75, 3.05) is 0 Å². The Morgan fingerprint density at radius 3 is 2.79 bits per heavy atom. The van der Waals surface area contributed by atoms with Crippen LogP contribution in [0.4, 0.5) is 5.69 Å². The average molecular weight is 188 g/mol. The minimum absolute atomic E-state index is 0.100. The summed E-state index contributed by atoms with van der Waals surface area (Å²) in [6, 6.07) is 6.67. The van der Waals surface area contributed by atoms with Crippen molar-refractivity contribution in [2.45, 2.75) is 6.92 Å². The Kier molecular flexibility index (Phi) is 1.89. The number of non-ortho nitro benzene ring substituents is 1. The molecule has 0 spiro atoms.